The first kappa shape index (κ1) is 24.3. The first-order valence-electron chi connectivity index (χ1n) is 12.5. The van der Waals surface area contributed by atoms with Gasteiger partial charge in [-0.3, -0.25) is 14.4 Å². The van der Waals surface area contributed by atoms with Crippen molar-refractivity contribution in [3.8, 4) is 18.1 Å². The lowest BCUT2D eigenvalue weighted by molar-refractivity contribution is -0.127. The van der Waals surface area contributed by atoms with E-state index in [1.807, 2.05) is 0 Å². The average molecular weight is 498 g/mol. The second-order valence-electron chi connectivity index (χ2n) is 10.1. The molecule has 1 saturated heterocycles. The van der Waals surface area contributed by atoms with Crippen LogP contribution in [0.1, 0.15) is 55.4 Å². The van der Waals surface area contributed by atoms with E-state index in [0.717, 1.165) is 32.1 Å². The van der Waals surface area contributed by atoms with Crippen LogP contribution in [0.25, 0.3) is 10.9 Å². The third-order valence-corrected chi connectivity index (χ3v) is 7.96. The number of Topliss-reactive ketones (excluding diaryl/α,β-unsaturated/α-hetero) is 1. The molecule has 2 aromatic rings. The highest BCUT2D eigenvalue weighted by Crippen LogP contribution is 2.43. The highest BCUT2D eigenvalue weighted by atomic mass is 19.3. The van der Waals surface area contributed by atoms with Crippen LogP contribution in [0.15, 0.2) is 24.3 Å². The molecule has 2 saturated carbocycles. The Morgan fingerprint density at radius 2 is 2.08 bits per heavy atom. The van der Waals surface area contributed by atoms with Crippen LogP contribution in [0.2, 0.25) is 0 Å². The lowest BCUT2D eigenvalue weighted by atomic mass is 9.92. The maximum absolute atomic E-state index is 13.6. The number of nitrogens with zero attached hydrogens (tertiary/aromatic N) is 1. The Morgan fingerprint density at radius 3 is 2.81 bits per heavy atom. The van der Waals surface area contributed by atoms with Gasteiger partial charge in [0.15, 0.2) is 0 Å². The molecule has 0 spiro atoms. The fourth-order valence-corrected chi connectivity index (χ4v) is 6.29. The molecule has 0 bridgehead atoms. The number of fused-ring (bicyclic) bond motifs is 2. The van der Waals surface area contributed by atoms with Crippen molar-refractivity contribution in [2.75, 3.05) is 6.54 Å². The number of carbonyl (C=O) groups is 3. The van der Waals surface area contributed by atoms with Gasteiger partial charge in [-0.05, 0) is 62.1 Å². The summed E-state index contributed by atoms with van der Waals surface area (Å²) in [4.78, 5) is 43.8. The molecule has 2 heterocycles. The Morgan fingerprint density at radius 1 is 1.25 bits per heavy atom. The number of aromatic amines is 1. The van der Waals surface area contributed by atoms with Crippen LogP contribution in [-0.4, -0.2) is 52.7 Å². The van der Waals surface area contributed by atoms with E-state index in [4.69, 9.17) is 6.42 Å². The molecule has 0 unspecified atom stereocenters. The van der Waals surface area contributed by atoms with Gasteiger partial charge in [0, 0.05) is 29.8 Å². The second kappa shape index (κ2) is 9.92. The number of ether oxygens (including phenoxy) is 1. The van der Waals surface area contributed by atoms with Crippen molar-refractivity contribution in [1.29, 1.82) is 0 Å². The minimum atomic E-state index is -2.99. The van der Waals surface area contributed by atoms with Gasteiger partial charge < -0.3 is 19.9 Å². The number of H-pyrrole nitrogens is 1. The number of alkyl halides is 2. The number of amides is 2. The number of aromatic nitrogens is 1. The average Bonchev–Trinajstić information content (AvgIpc) is 3.61. The zero-order valence-electron chi connectivity index (χ0n) is 19.8. The fourth-order valence-electron chi connectivity index (χ4n) is 6.29. The highest BCUT2D eigenvalue weighted by molar-refractivity contribution is 6.02. The van der Waals surface area contributed by atoms with Crippen molar-refractivity contribution in [1.82, 2.24) is 15.2 Å². The molecule has 9 heteroatoms. The normalized spacial score (nSPS) is 26.3. The summed E-state index contributed by atoms with van der Waals surface area (Å²) in [7, 11) is 0. The summed E-state index contributed by atoms with van der Waals surface area (Å²) in [5, 5.41) is 3.30. The second-order valence-corrected chi connectivity index (χ2v) is 10.1. The first-order chi connectivity index (χ1) is 17.4. The molecule has 190 valence electrons. The molecule has 2 N–H and O–H groups in total. The molecule has 5 rings (SSSR count). The largest absolute Gasteiger partial charge is 0.434 e. The quantitative estimate of drug-likeness (QED) is 0.568. The van der Waals surface area contributed by atoms with Gasteiger partial charge in [0.1, 0.15) is 23.3 Å². The summed E-state index contributed by atoms with van der Waals surface area (Å²) in [6.45, 7) is -2.54. The summed E-state index contributed by atoms with van der Waals surface area (Å²) in [5.74, 6) is 2.21. The topological polar surface area (TPSA) is 91.5 Å². The van der Waals surface area contributed by atoms with Gasteiger partial charge in [-0.2, -0.15) is 8.78 Å². The molecule has 5 atom stereocenters. The number of hydrogen-bond acceptors (Lipinski definition) is 4. The van der Waals surface area contributed by atoms with Crippen LogP contribution < -0.4 is 10.1 Å². The first-order valence-corrected chi connectivity index (χ1v) is 12.5. The molecule has 3 fully saturated rings. The zero-order chi connectivity index (χ0) is 25.4. The Hall–Kier alpha value is -3.41. The summed E-state index contributed by atoms with van der Waals surface area (Å²) in [6.07, 6.45) is 11.1. The van der Waals surface area contributed by atoms with Crippen molar-refractivity contribution in [3.63, 3.8) is 0 Å². The molecule has 7 nitrogen and oxygen atoms in total. The number of hydrogen-bond donors (Lipinski definition) is 2. The molecule has 0 radical (unpaired) electrons. The highest BCUT2D eigenvalue weighted by Gasteiger charge is 2.50. The minimum Gasteiger partial charge on any atom is -0.434 e. The minimum absolute atomic E-state index is 0.0243. The van der Waals surface area contributed by atoms with Crippen LogP contribution in [0, 0.1) is 30.1 Å². The molecule has 1 aromatic carbocycles. The van der Waals surface area contributed by atoms with Crippen LogP contribution in [-0.2, 0) is 9.59 Å². The number of ketones is 1. The van der Waals surface area contributed by atoms with Crippen molar-refractivity contribution >= 4 is 28.5 Å². The lowest BCUT2D eigenvalue weighted by Gasteiger charge is -2.28. The molecule has 1 aliphatic heterocycles. The predicted molar refractivity (Wildman–Crippen MR) is 128 cm³/mol. The number of benzene rings is 1. The van der Waals surface area contributed by atoms with E-state index < -0.39 is 18.7 Å². The molecule has 1 aromatic heterocycles. The standard InChI is InChI=1S/C27H29F2N3O4/c1-2-17(12-15-6-4-10-22(15)33)30-25(34)24-18-8-3-7-16(18)14-32(24)26(35)21-13-19-20(31-21)9-5-11-23(19)36-27(28)29/h1,5,9,11,13,15-18,24,27,31H,3-4,6-8,10,12,14H2,(H,30,34)/t15-,16-,17+,18-,24-/m0/s1. The maximum Gasteiger partial charge on any atom is 0.387 e. The van der Waals surface area contributed by atoms with Crippen LogP contribution >= 0.6 is 0 Å². The number of likely N-dealkylation sites (tertiary alicyclic amines) is 1. The summed E-state index contributed by atoms with van der Waals surface area (Å²) in [6, 6.07) is 4.90. The zero-order valence-corrected chi connectivity index (χ0v) is 19.8. The number of rotatable bonds is 7. The van der Waals surface area contributed by atoms with Crippen molar-refractivity contribution in [2.24, 2.45) is 17.8 Å². The van der Waals surface area contributed by atoms with Gasteiger partial charge in [-0.25, -0.2) is 0 Å². The number of terminal acetylenes is 1. The van der Waals surface area contributed by atoms with Gasteiger partial charge >= 0.3 is 6.61 Å². The fraction of sp³-hybridized carbons (Fsp3) is 0.519. The van der Waals surface area contributed by atoms with Gasteiger partial charge in [0.25, 0.3) is 5.91 Å². The predicted octanol–water partition coefficient (Wildman–Crippen LogP) is 3.89. The number of halogens is 2. The van der Waals surface area contributed by atoms with Gasteiger partial charge in [0.2, 0.25) is 5.91 Å². The summed E-state index contributed by atoms with van der Waals surface area (Å²) >= 11 is 0. The monoisotopic (exact) mass is 497 g/mol. The Balaban J connectivity index is 1.37. The third kappa shape index (κ3) is 4.57. The van der Waals surface area contributed by atoms with E-state index in [1.54, 1.807) is 17.0 Å². The van der Waals surface area contributed by atoms with Gasteiger partial charge in [-0.15, -0.1) is 6.42 Å². The number of carbonyl (C=O) groups excluding carboxylic acids is 3. The van der Waals surface area contributed by atoms with E-state index in [0.29, 0.717) is 30.3 Å². The Labute approximate surface area is 207 Å². The SMILES string of the molecule is C#C[C@H](C[C@@H]1CCCC1=O)NC(=O)[C@@H]1[C@H]2CCC[C@H]2CN1C(=O)c1cc2c(OC(F)F)cccc2[nH]1. The molecule has 2 amide bonds. The molecule has 2 aliphatic carbocycles. The van der Waals surface area contributed by atoms with Gasteiger partial charge in [-0.1, -0.05) is 18.4 Å². The van der Waals surface area contributed by atoms with Crippen molar-refractivity contribution < 1.29 is 27.9 Å². The van der Waals surface area contributed by atoms with E-state index >= 15 is 0 Å². The van der Waals surface area contributed by atoms with Crippen LogP contribution in [0.5, 0.6) is 5.75 Å². The van der Waals surface area contributed by atoms with Gasteiger partial charge in [0.05, 0.1) is 6.04 Å². The van der Waals surface area contributed by atoms with Crippen LogP contribution in [0.3, 0.4) is 0 Å². The summed E-state index contributed by atoms with van der Waals surface area (Å²) in [5.41, 5.74) is 0.698. The van der Waals surface area contributed by atoms with E-state index in [9.17, 15) is 23.2 Å². The maximum atomic E-state index is 13.6. The summed E-state index contributed by atoms with van der Waals surface area (Å²) < 4.78 is 30.3. The smallest absolute Gasteiger partial charge is 0.387 e. The molecular formula is C27H29F2N3O4. The Kier molecular flexibility index (Phi) is 6.69. The number of nitrogens with one attached hydrogen (secondary N) is 2. The van der Waals surface area contributed by atoms with Crippen molar-refractivity contribution in [2.45, 2.75) is 63.6 Å². The van der Waals surface area contributed by atoms with E-state index in [-0.39, 0.29) is 46.8 Å². The lowest BCUT2D eigenvalue weighted by Crippen LogP contribution is -2.51. The van der Waals surface area contributed by atoms with E-state index in [2.05, 4.69) is 21.0 Å². The van der Waals surface area contributed by atoms with E-state index in [1.165, 1.54) is 12.1 Å². The third-order valence-electron chi connectivity index (χ3n) is 7.96. The van der Waals surface area contributed by atoms with Crippen LogP contribution in [0.4, 0.5) is 8.78 Å². The molecule has 3 aliphatic rings. The molecule has 36 heavy (non-hydrogen) atoms. The Bertz CT molecular complexity index is 1220. The van der Waals surface area contributed by atoms with Crippen molar-refractivity contribution in [3.05, 3.63) is 30.0 Å². The molecular weight excluding hydrogens is 468 g/mol.